The molecule has 2 N–H and O–H groups in total. The Bertz CT molecular complexity index is 843. The van der Waals surface area contributed by atoms with Crippen molar-refractivity contribution in [1.82, 2.24) is 14.8 Å². The van der Waals surface area contributed by atoms with Crippen LogP contribution in [0.4, 0.5) is 0 Å². The summed E-state index contributed by atoms with van der Waals surface area (Å²) < 4.78 is 1.59. The fourth-order valence-electron chi connectivity index (χ4n) is 2.18. The number of carbonyl (C=O) groups is 1. The first kappa shape index (κ1) is 14.3. The largest absolute Gasteiger partial charge is 0.363 e. The molecule has 5 nitrogen and oxygen atoms in total. The van der Waals surface area contributed by atoms with Crippen LogP contribution >= 0.6 is 11.6 Å². The molecule has 0 aliphatic rings. The summed E-state index contributed by atoms with van der Waals surface area (Å²) in [5, 5.41) is 4.85. The first-order valence-corrected chi connectivity index (χ1v) is 7.03. The maximum absolute atomic E-state index is 11.4. The summed E-state index contributed by atoms with van der Waals surface area (Å²) in [7, 11) is 0. The number of amides is 1. The average Bonchev–Trinajstić information content (AvgIpc) is 2.96. The zero-order valence-electron chi connectivity index (χ0n) is 11.8. The van der Waals surface area contributed by atoms with Gasteiger partial charge in [0.05, 0.1) is 5.69 Å². The maximum Gasteiger partial charge on any atom is 0.288 e. The number of hydrogen-bond donors (Lipinski definition) is 1. The van der Waals surface area contributed by atoms with Gasteiger partial charge in [0, 0.05) is 10.6 Å². The summed E-state index contributed by atoms with van der Waals surface area (Å²) >= 11 is 6.18. The number of aromatic nitrogens is 3. The quantitative estimate of drug-likeness (QED) is 0.808. The van der Waals surface area contributed by atoms with E-state index in [0.29, 0.717) is 10.8 Å². The SMILES string of the molecule is Cc1c(Cl)cccc1-n1nc(C(N)=O)nc1-c1ccccc1. The second kappa shape index (κ2) is 5.61. The lowest BCUT2D eigenvalue weighted by molar-refractivity contribution is 0.0990. The first-order valence-electron chi connectivity index (χ1n) is 6.65. The van der Waals surface area contributed by atoms with Gasteiger partial charge in [0.25, 0.3) is 5.91 Å². The van der Waals surface area contributed by atoms with Crippen molar-refractivity contribution in [1.29, 1.82) is 0 Å². The molecule has 0 radical (unpaired) electrons. The highest BCUT2D eigenvalue weighted by molar-refractivity contribution is 6.31. The molecule has 110 valence electrons. The molecule has 0 saturated heterocycles. The minimum atomic E-state index is -0.671. The van der Waals surface area contributed by atoms with Gasteiger partial charge in [0.2, 0.25) is 5.82 Å². The Balaban J connectivity index is 2.26. The lowest BCUT2D eigenvalue weighted by Gasteiger charge is -2.10. The van der Waals surface area contributed by atoms with Crippen LogP contribution in [-0.2, 0) is 0 Å². The van der Waals surface area contributed by atoms with Crippen molar-refractivity contribution in [3.63, 3.8) is 0 Å². The molecule has 0 spiro atoms. The van der Waals surface area contributed by atoms with Crippen LogP contribution < -0.4 is 5.73 Å². The Morgan fingerprint density at radius 3 is 2.55 bits per heavy atom. The molecule has 0 bridgehead atoms. The van der Waals surface area contributed by atoms with Crippen LogP contribution in [0.5, 0.6) is 0 Å². The van der Waals surface area contributed by atoms with Crippen LogP contribution in [0.15, 0.2) is 48.5 Å². The third-order valence-electron chi connectivity index (χ3n) is 3.33. The van der Waals surface area contributed by atoms with E-state index >= 15 is 0 Å². The molecule has 1 aromatic heterocycles. The van der Waals surface area contributed by atoms with Crippen LogP contribution in [-0.4, -0.2) is 20.7 Å². The predicted molar refractivity (Wildman–Crippen MR) is 85.1 cm³/mol. The molecule has 0 saturated carbocycles. The summed E-state index contributed by atoms with van der Waals surface area (Å²) in [4.78, 5) is 15.7. The summed E-state index contributed by atoms with van der Waals surface area (Å²) in [5.74, 6) is -0.159. The van der Waals surface area contributed by atoms with Gasteiger partial charge in [-0.2, -0.15) is 0 Å². The van der Waals surface area contributed by atoms with Gasteiger partial charge in [-0.15, -0.1) is 5.10 Å². The van der Waals surface area contributed by atoms with Gasteiger partial charge in [-0.05, 0) is 24.6 Å². The topological polar surface area (TPSA) is 73.8 Å². The van der Waals surface area contributed by atoms with E-state index in [4.69, 9.17) is 17.3 Å². The van der Waals surface area contributed by atoms with E-state index in [-0.39, 0.29) is 5.82 Å². The highest BCUT2D eigenvalue weighted by Crippen LogP contribution is 2.26. The van der Waals surface area contributed by atoms with Crippen LogP contribution in [0.2, 0.25) is 5.02 Å². The van der Waals surface area contributed by atoms with Crippen LogP contribution in [0.25, 0.3) is 17.1 Å². The van der Waals surface area contributed by atoms with E-state index < -0.39 is 5.91 Å². The number of hydrogen-bond acceptors (Lipinski definition) is 3. The number of rotatable bonds is 3. The van der Waals surface area contributed by atoms with Gasteiger partial charge < -0.3 is 5.73 Å². The molecule has 22 heavy (non-hydrogen) atoms. The van der Waals surface area contributed by atoms with Crippen molar-refractivity contribution in [3.8, 4) is 17.1 Å². The number of primary amides is 1. The van der Waals surface area contributed by atoms with E-state index in [2.05, 4.69) is 10.1 Å². The van der Waals surface area contributed by atoms with Gasteiger partial charge in [0.1, 0.15) is 0 Å². The number of benzene rings is 2. The highest BCUT2D eigenvalue weighted by atomic mass is 35.5. The standard InChI is InChI=1S/C16H13ClN4O/c1-10-12(17)8-5-9-13(10)21-16(11-6-3-2-4-7-11)19-15(20-21)14(18)22/h2-9H,1H3,(H2,18,22). The first-order chi connectivity index (χ1) is 10.6. The maximum atomic E-state index is 11.4. The molecular weight excluding hydrogens is 300 g/mol. The summed E-state index contributed by atoms with van der Waals surface area (Å²) in [6.45, 7) is 1.89. The van der Waals surface area contributed by atoms with Crippen molar-refractivity contribution in [3.05, 3.63) is 64.9 Å². The molecule has 3 rings (SSSR count). The zero-order chi connectivity index (χ0) is 15.7. The molecule has 1 amide bonds. The second-order valence-corrected chi connectivity index (χ2v) is 5.19. The molecule has 0 unspecified atom stereocenters. The molecule has 3 aromatic rings. The van der Waals surface area contributed by atoms with E-state index in [9.17, 15) is 4.79 Å². The second-order valence-electron chi connectivity index (χ2n) is 4.79. The minimum Gasteiger partial charge on any atom is -0.363 e. The van der Waals surface area contributed by atoms with Crippen molar-refractivity contribution in [2.24, 2.45) is 5.73 Å². The molecule has 6 heteroatoms. The van der Waals surface area contributed by atoms with Crippen molar-refractivity contribution in [2.45, 2.75) is 6.92 Å². The van der Waals surface area contributed by atoms with Gasteiger partial charge in [-0.25, -0.2) is 9.67 Å². The predicted octanol–water partition coefficient (Wildman–Crippen LogP) is 3.00. The molecule has 1 heterocycles. The fourth-order valence-corrected chi connectivity index (χ4v) is 2.35. The number of halogens is 1. The summed E-state index contributed by atoms with van der Waals surface area (Å²) in [6.07, 6.45) is 0. The Morgan fingerprint density at radius 1 is 1.14 bits per heavy atom. The van der Waals surface area contributed by atoms with E-state index in [1.807, 2.05) is 49.4 Å². The third-order valence-corrected chi connectivity index (χ3v) is 3.74. The molecule has 0 aliphatic carbocycles. The zero-order valence-corrected chi connectivity index (χ0v) is 12.6. The van der Waals surface area contributed by atoms with Gasteiger partial charge in [-0.1, -0.05) is 48.0 Å². The number of nitrogens with two attached hydrogens (primary N) is 1. The van der Waals surface area contributed by atoms with Crippen molar-refractivity contribution >= 4 is 17.5 Å². The van der Waals surface area contributed by atoms with Crippen LogP contribution in [0, 0.1) is 6.92 Å². The van der Waals surface area contributed by atoms with Gasteiger partial charge >= 0.3 is 0 Å². The highest BCUT2D eigenvalue weighted by Gasteiger charge is 2.18. The monoisotopic (exact) mass is 312 g/mol. The Hall–Kier alpha value is -2.66. The smallest absolute Gasteiger partial charge is 0.288 e. The Kier molecular flexibility index (Phi) is 3.65. The molecular formula is C16H13ClN4O. The summed E-state index contributed by atoms with van der Waals surface area (Å²) in [6, 6.07) is 15.0. The fraction of sp³-hybridized carbons (Fsp3) is 0.0625. The van der Waals surface area contributed by atoms with E-state index in [1.54, 1.807) is 10.7 Å². The third kappa shape index (κ3) is 2.46. The lowest BCUT2D eigenvalue weighted by Crippen LogP contribution is -2.13. The van der Waals surface area contributed by atoms with Crippen LogP contribution in [0.3, 0.4) is 0 Å². The molecule has 2 aromatic carbocycles. The number of nitrogens with zero attached hydrogens (tertiary/aromatic N) is 3. The molecule has 0 atom stereocenters. The van der Waals surface area contributed by atoms with Gasteiger partial charge in [0.15, 0.2) is 5.82 Å². The average molecular weight is 313 g/mol. The molecule has 0 aliphatic heterocycles. The van der Waals surface area contributed by atoms with Crippen molar-refractivity contribution in [2.75, 3.05) is 0 Å². The van der Waals surface area contributed by atoms with E-state index in [1.165, 1.54) is 0 Å². The van der Waals surface area contributed by atoms with Gasteiger partial charge in [-0.3, -0.25) is 4.79 Å². The van der Waals surface area contributed by atoms with Crippen molar-refractivity contribution < 1.29 is 4.79 Å². The Morgan fingerprint density at radius 2 is 1.86 bits per heavy atom. The number of carbonyl (C=O) groups excluding carboxylic acids is 1. The van der Waals surface area contributed by atoms with E-state index in [0.717, 1.165) is 16.8 Å². The van der Waals surface area contributed by atoms with Crippen LogP contribution in [0.1, 0.15) is 16.2 Å². The minimum absolute atomic E-state index is 0.0294. The normalized spacial score (nSPS) is 10.6. The lowest BCUT2D eigenvalue weighted by atomic mass is 10.2. The summed E-state index contributed by atoms with van der Waals surface area (Å²) in [5.41, 5.74) is 7.76. The Labute approximate surface area is 132 Å². The molecule has 0 fully saturated rings.